The lowest BCUT2D eigenvalue weighted by molar-refractivity contribution is -0.161. The zero-order valence-corrected chi connectivity index (χ0v) is 25.5. The maximum atomic E-state index is 12.1. The van der Waals surface area contributed by atoms with Gasteiger partial charge in [0.05, 0.1) is 6.61 Å². The zero-order chi connectivity index (χ0) is 27.9. The lowest BCUT2D eigenvalue weighted by Crippen LogP contribution is -2.28. The molecule has 5 nitrogen and oxygen atoms in total. The van der Waals surface area contributed by atoms with Gasteiger partial charge in [-0.05, 0) is 12.8 Å². The van der Waals surface area contributed by atoms with Crippen LogP contribution in [0, 0.1) is 0 Å². The highest BCUT2D eigenvalue weighted by Gasteiger charge is 2.16. The molecule has 0 aliphatic heterocycles. The van der Waals surface area contributed by atoms with Gasteiger partial charge in [0, 0.05) is 12.8 Å². The van der Waals surface area contributed by atoms with Crippen molar-refractivity contribution in [2.75, 3.05) is 13.2 Å². The van der Waals surface area contributed by atoms with Gasteiger partial charge in [-0.2, -0.15) is 0 Å². The van der Waals surface area contributed by atoms with E-state index < -0.39 is 6.10 Å². The summed E-state index contributed by atoms with van der Waals surface area (Å²) in [4.78, 5) is 24.0. The van der Waals surface area contributed by atoms with Crippen LogP contribution in [0.4, 0.5) is 0 Å². The Morgan fingerprint density at radius 3 is 1.16 bits per heavy atom. The van der Waals surface area contributed by atoms with Crippen LogP contribution in [-0.4, -0.2) is 36.4 Å². The van der Waals surface area contributed by atoms with Crippen LogP contribution in [0.3, 0.4) is 0 Å². The third-order valence-electron chi connectivity index (χ3n) is 7.40. The molecule has 0 heterocycles. The molecular weight excluding hydrogens is 476 g/mol. The molecule has 0 radical (unpaired) electrons. The molecule has 0 saturated carbocycles. The van der Waals surface area contributed by atoms with Crippen LogP contribution in [0.1, 0.15) is 181 Å². The monoisotopic (exact) mass is 540 g/mol. The van der Waals surface area contributed by atoms with Gasteiger partial charge < -0.3 is 14.6 Å². The summed E-state index contributed by atoms with van der Waals surface area (Å²) in [7, 11) is 0. The number of aliphatic hydroxyl groups excluding tert-OH is 1. The van der Waals surface area contributed by atoms with E-state index in [4.69, 9.17) is 9.47 Å². The second kappa shape index (κ2) is 30.4. The van der Waals surface area contributed by atoms with Gasteiger partial charge in [-0.15, -0.1) is 0 Å². The standard InChI is InChI=1S/C33H64O5/c1-3-5-7-9-11-13-15-16-17-18-20-22-24-26-28-33(36)38-31(29-34)30-37-32(35)27-25-23-21-19-14-12-10-8-6-4-2/h31,34H,3-30H2,1-2H3/t31-/m0/s1. The molecule has 1 atom stereocenters. The number of hydrogen-bond donors (Lipinski definition) is 1. The zero-order valence-electron chi connectivity index (χ0n) is 25.5. The number of rotatable bonds is 30. The quantitative estimate of drug-likeness (QED) is 0.0725. The van der Waals surface area contributed by atoms with Crippen molar-refractivity contribution < 1.29 is 24.2 Å². The number of aliphatic hydroxyl groups is 1. The van der Waals surface area contributed by atoms with Gasteiger partial charge in [0.1, 0.15) is 6.61 Å². The molecule has 1 N–H and O–H groups in total. The van der Waals surface area contributed by atoms with Gasteiger partial charge in [0.2, 0.25) is 0 Å². The van der Waals surface area contributed by atoms with Crippen LogP contribution in [0.25, 0.3) is 0 Å². The minimum Gasteiger partial charge on any atom is -0.462 e. The lowest BCUT2D eigenvalue weighted by Gasteiger charge is -2.15. The van der Waals surface area contributed by atoms with Crippen LogP contribution in [0.15, 0.2) is 0 Å². The van der Waals surface area contributed by atoms with Crippen molar-refractivity contribution in [2.45, 2.75) is 187 Å². The minimum absolute atomic E-state index is 0.0580. The van der Waals surface area contributed by atoms with Crippen molar-refractivity contribution >= 4 is 11.9 Å². The van der Waals surface area contributed by atoms with E-state index in [0.29, 0.717) is 12.8 Å². The summed E-state index contributed by atoms with van der Waals surface area (Å²) >= 11 is 0. The highest BCUT2D eigenvalue weighted by Crippen LogP contribution is 2.14. The summed E-state index contributed by atoms with van der Waals surface area (Å²) in [6.45, 7) is 4.12. The SMILES string of the molecule is CCCCCCCCCCCCCCCCC(=O)O[C@@H](CO)COC(=O)CCCCCCCCCCCC. The summed E-state index contributed by atoms with van der Waals surface area (Å²) < 4.78 is 10.5. The molecule has 0 bridgehead atoms. The molecule has 0 aromatic heterocycles. The van der Waals surface area contributed by atoms with Crippen LogP contribution in [0.2, 0.25) is 0 Å². The van der Waals surface area contributed by atoms with E-state index in [1.165, 1.54) is 116 Å². The molecule has 0 saturated heterocycles. The average molecular weight is 541 g/mol. The molecular formula is C33H64O5. The summed E-state index contributed by atoms with van der Waals surface area (Å²) in [6, 6.07) is 0. The molecule has 0 aliphatic rings. The normalized spacial score (nSPS) is 12.0. The van der Waals surface area contributed by atoms with Gasteiger partial charge in [0.25, 0.3) is 0 Å². The molecule has 0 spiro atoms. The molecule has 5 heteroatoms. The highest BCUT2D eigenvalue weighted by atomic mass is 16.6. The molecule has 226 valence electrons. The van der Waals surface area contributed by atoms with Crippen molar-refractivity contribution in [1.29, 1.82) is 0 Å². The second-order valence-electron chi connectivity index (χ2n) is 11.3. The van der Waals surface area contributed by atoms with Crippen LogP contribution in [-0.2, 0) is 19.1 Å². The third-order valence-corrected chi connectivity index (χ3v) is 7.40. The Labute approximate surface area is 236 Å². The van der Waals surface area contributed by atoms with Crippen molar-refractivity contribution in [3.05, 3.63) is 0 Å². The molecule has 38 heavy (non-hydrogen) atoms. The van der Waals surface area contributed by atoms with Crippen LogP contribution < -0.4 is 0 Å². The first-order valence-corrected chi connectivity index (χ1v) is 16.6. The fraction of sp³-hybridized carbons (Fsp3) is 0.939. The molecule has 0 aliphatic carbocycles. The molecule has 0 fully saturated rings. The van der Waals surface area contributed by atoms with E-state index in [1.54, 1.807) is 0 Å². The first kappa shape index (κ1) is 36.9. The van der Waals surface area contributed by atoms with E-state index in [0.717, 1.165) is 38.5 Å². The van der Waals surface area contributed by atoms with Gasteiger partial charge >= 0.3 is 11.9 Å². The van der Waals surface area contributed by atoms with Crippen LogP contribution in [0.5, 0.6) is 0 Å². The van der Waals surface area contributed by atoms with Crippen LogP contribution >= 0.6 is 0 Å². The second-order valence-corrected chi connectivity index (χ2v) is 11.3. The Morgan fingerprint density at radius 2 is 0.816 bits per heavy atom. The summed E-state index contributed by atoms with van der Waals surface area (Å²) in [5.41, 5.74) is 0. The fourth-order valence-corrected chi connectivity index (χ4v) is 4.85. The molecule has 0 aromatic rings. The van der Waals surface area contributed by atoms with Crippen molar-refractivity contribution in [2.24, 2.45) is 0 Å². The molecule has 0 amide bonds. The smallest absolute Gasteiger partial charge is 0.306 e. The number of unbranched alkanes of at least 4 members (excludes halogenated alkanes) is 22. The maximum Gasteiger partial charge on any atom is 0.306 e. The third kappa shape index (κ3) is 27.9. The first-order chi connectivity index (χ1) is 18.6. The summed E-state index contributed by atoms with van der Waals surface area (Å²) in [5, 5.41) is 9.48. The van der Waals surface area contributed by atoms with E-state index in [9.17, 15) is 14.7 Å². The minimum atomic E-state index is -0.759. The molecule has 0 aromatic carbocycles. The number of carbonyl (C=O) groups is 2. The average Bonchev–Trinajstić information content (AvgIpc) is 2.92. The Bertz CT molecular complexity index is 508. The molecule has 0 rings (SSSR count). The van der Waals surface area contributed by atoms with E-state index in [-0.39, 0.29) is 25.2 Å². The predicted molar refractivity (Wildman–Crippen MR) is 159 cm³/mol. The molecule has 0 unspecified atom stereocenters. The van der Waals surface area contributed by atoms with E-state index >= 15 is 0 Å². The van der Waals surface area contributed by atoms with E-state index in [1.807, 2.05) is 0 Å². The Kier molecular flexibility index (Phi) is 29.6. The number of hydrogen-bond acceptors (Lipinski definition) is 5. The largest absolute Gasteiger partial charge is 0.462 e. The summed E-state index contributed by atoms with van der Waals surface area (Å²) in [5.74, 6) is -0.584. The Morgan fingerprint density at radius 1 is 0.500 bits per heavy atom. The van der Waals surface area contributed by atoms with Gasteiger partial charge in [0.15, 0.2) is 6.10 Å². The van der Waals surface area contributed by atoms with Gasteiger partial charge in [-0.1, -0.05) is 155 Å². The van der Waals surface area contributed by atoms with Gasteiger partial charge in [-0.25, -0.2) is 0 Å². The number of ether oxygens (including phenoxy) is 2. The first-order valence-electron chi connectivity index (χ1n) is 16.6. The Hall–Kier alpha value is -1.10. The van der Waals surface area contributed by atoms with Crippen molar-refractivity contribution in [3.8, 4) is 0 Å². The van der Waals surface area contributed by atoms with Crippen molar-refractivity contribution in [1.82, 2.24) is 0 Å². The number of carbonyl (C=O) groups excluding carboxylic acids is 2. The van der Waals surface area contributed by atoms with E-state index in [2.05, 4.69) is 13.8 Å². The van der Waals surface area contributed by atoms with Gasteiger partial charge in [-0.3, -0.25) is 9.59 Å². The number of esters is 2. The maximum absolute atomic E-state index is 12.1. The predicted octanol–water partition coefficient (Wildman–Crippen LogP) is 9.62. The Balaban J connectivity index is 3.54. The van der Waals surface area contributed by atoms with Crippen molar-refractivity contribution in [3.63, 3.8) is 0 Å². The summed E-state index contributed by atoms with van der Waals surface area (Å²) in [6.07, 6.45) is 30.1. The topological polar surface area (TPSA) is 72.8 Å². The fourth-order valence-electron chi connectivity index (χ4n) is 4.85. The highest BCUT2D eigenvalue weighted by molar-refractivity contribution is 5.70. The lowest BCUT2D eigenvalue weighted by atomic mass is 10.0.